The van der Waals surface area contributed by atoms with Crippen molar-refractivity contribution >= 4 is 35.8 Å². The third-order valence-electron chi connectivity index (χ3n) is 1.50. The highest BCUT2D eigenvalue weighted by atomic mass is 35.5. The molecule has 0 nitrogen and oxygen atoms in total. The third-order valence-corrected chi connectivity index (χ3v) is 1.50. The van der Waals surface area contributed by atoms with Gasteiger partial charge in [-0.2, -0.15) is 0 Å². The average Bonchev–Trinajstić information content (AvgIpc) is 1.96. The van der Waals surface area contributed by atoms with E-state index in [9.17, 15) is 0 Å². The molecule has 0 saturated heterocycles. The van der Waals surface area contributed by atoms with Crippen LogP contribution in [0.5, 0.6) is 0 Å². The molecular formula is C8H24Cl2Si. The normalized spacial score (nSPS) is 13.6. The van der Waals surface area contributed by atoms with Gasteiger partial charge in [0.05, 0.1) is 0 Å². The lowest BCUT2D eigenvalue weighted by Gasteiger charge is -2.05. The van der Waals surface area contributed by atoms with Gasteiger partial charge in [-0.05, 0) is 11.0 Å². The van der Waals surface area contributed by atoms with Crippen molar-refractivity contribution in [2.45, 2.75) is 52.4 Å². The number of hydrogen-bond donors (Lipinski definition) is 0. The molecule has 0 aliphatic heterocycles. The zero-order valence-corrected chi connectivity index (χ0v) is 8.69. The van der Waals surface area contributed by atoms with Crippen LogP contribution in [-0.4, -0.2) is 11.0 Å². The molecule has 1 rings (SSSR count). The molecule has 0 aromatic heterocycles. The summed E-state index contributed by atoms with van der Waals surface area (Å²) in [5.41, 5.74) is 0. The fraction of sp³-hybridized carbons (Fsp3) is 1.00. The van der Waals surface area contributed by atoms with Crippen LogP contribution in [-0.2, 0) is 0 Å². The molecule has 0 aromatic carbocycles. The first-order chi connectivity index (χ1) is 4.00. The van der Waals surface area contributed by atoms with Crippen molar-refractivity contribution in [3.63, 3.8) is 0 Å². The Morgan fingerprint density at radius 2 is 0.636 bits per heavy atom. The van der Waals surface area contributed by atoms with E-state index in [1.807, 2.05) is 13.8 Å². The van der Waals surface area contributed by atoms with Crippen molar-refractivity contribution in [3.05, 3.63) is 0 Å². The Bertz CT molecular complexity index is 27.6. The molecule has 0 atom stereocenters. The Kier molecular flexibility index (Phi) is 46.1. The molecule has 0 spiro atoms. The van der Waals surface area contributed by atoms with E-state index < -0.39 is 0 Å². The summed E-state index contributed by atoms with van der Waals surface area (Å²) in [5, 5.41) is 0. The predicted molar refractivity (Wildman–Crippen MR) is 64.9 cm³/mol. The van der Waals surface area contributed by atoms with Crippen molar-refractivity contribution in [1.29, 1.82) is 0 Å². The summed E-state index contributed by atoms with van der Waals surface area (Å²) >= 11 is 0. The first-order valence-electron chi connectivity index (χ1n) is 4.00. The molecule has 3 heteroatoms. The van der Waals surface area contributed by atoms with Crippen LogP contribution in [0.3, 0.4) is 0 Å². The van der Waals surface area contributed by atoms with Crippen molar-refractivity contribution in [2.24, 2.45) is 0 Å². The van der Waals surface area contributed by atoms with Gasteiger partial charge in [-0.1, -0.05) is 52.4 Å². The summed E-state index contributed by atoms with van der Waals surface area (Å²) < 4.78 is 0. The van der Waals surface area contributed by atoms with Gasteiger partial charge in [-0.25, -0.2) is 0 Å². The molecule has 1 saturated carbocycles. The molecule has 0 aromatic rings. The van der Waals surface area contributed by atoms with Gasteiger partial charge < -0.3 is 0 Å². The lowest BCUT2D eigenvalue weighted by atomic mass is 10.0. The molecule has 0 radical (unpaired) electrons. The van der Waals surface area contributed by atoms with E-state index in [2.05, 4.69) is 0 Å². The number of halogens is 2. The van der Waals surface area contributed by atoms with E-state index in [4.69, 9.17) is 0 Å². The molecule has 1 aliphatic rings. The smallest absolute Gasteiger partial charge is 0.0149 e. The van der Waals surface area contributed by atoms with E-state index in [0.29, 0.717) is 0 Å². The fourth-order valence-corrected chi connectivity index (χ4v) is 1.06. The Morgan fingerprint density at radius 3 is 0.727 bits per heavy atom. The molecule has 1 fully saturated rings. The van der Waals surface area contributed by atoms with E-state index in [-0.39, 0.29) is 35.8 Å². The molecule has 0 bridgehead atoms. The molecule has 0 N–H and O–H groups in total. The van der Waals surface area contributed by atoms with Crippen LogP contribution in [0.1, 0.15) is 52.4 Å². The van der Waals surface area contributed by atoms with Crippen molar-refractivity contribution in [2.75, 3.05) is 0 Å². The number of rotatable bonds is 0. The largest absolute Gasteiger partial charge is 0.147 e. The van der Waals surface area contributed by atoms with Gasteiger partial charge in [0.2, 0.25) is 0 Å². The van der Waals surface area contributed by atoms with Crippen LogP contribution >= 0.6 is 24.8 Å². The summed E-state index contributed by atoms with van der Waals surface area (Å²) in [6, 6.07) is 0. The zero-order chi connectivity index (χ0) is 6.24. The molecule has 1 aliphatic carbocycles. The Morgan fingerprint density at radius 1 is 0.545 bits per heavy atom. The lowest BCUT2D eigenvalue weighted by Crippen LogP contribution is -1.85. The lowest BCUT2D eigenvalue weighted by molar-refractivity contribution is 0.504. The van der Waals surface area contributed by atoms with Gasteiger partial charge in [0.25, 0.3) is 0 Å². The minimum absolute atomic E-state index is 0. The number of hydrogen-bond acceptors (Lipinski definition) is 0. The first kappa shape index (κ1) is 22.6. The van der Waals surface area contributed by atoms with Crippen LogP contribution in [0.25, 0.3) is 0 Å². The van der Waals surface area contributed by atoms with Gasteiger partial charge in [0.15, 0.2) is 0 Å². The van der Waals surface area contributed by atoms with Gasteiger partial charge in [-0.15, -0.1) is 24.8 Å². The zero-order valence-electron chi connectivity index (χ0n) is 7.06. The summed E-state index contributed by atoms with van der Waals surface area (Å²) in [6.45, 7) is 4.00. The summed E-state index contributed by atoms with van der Waals surface area (Å²) in [5.74, 6) is 0. The van der Waals surface area contributed by atoms with E-state index in [1.165, 1.54) is 38.5 Å². The summed E-state index contributed by atoms with van der Waals surface area (Å²) in [6.07, 6.45) is 9.00. The minimum atomic E-state index is 0. The second-order valence-electron chi connectivity index (χ2n) is 2.12. The van der Waals surface area contributed by atoms with Gasteiger partial charge in [0.1, 0.15) is 0 Å². The van der Waals surface area contributed by atoms with Crippen LogP contribution in [0.2, 0.25) is 0 Å². The maximum Gasteiger partial charge on any atom is -0.0149 e. The molecule has 0 amide bonds. The molecule has 0 heterocycles. The van der Waals surface area contributed by atoms with E-state index in [0.717, 1.165) is 0 Å². The third kappa shape index (κ3) is 18.1. The monoisotopic (exact) mass is 218 g/mol. The summed E-state index contributed by atoms with van der Waals surface area (Å²) in [4.78, 5) is 0. The summed E-state index contributed by atoms with van der Waals surface area (Å²) in [7, 11) is 0. The fourth-order valence-electron chi connectivity index (χ4n) is 1.06. The molecule has 74 valence electrons. The minimum Gasteiger partial charge on any atom is -0.147 e. The van der Waals surface area contributed by atoms with Crippen LogP contribution < -0.4 is 0 Å². The van der Waals surface area contributed by atoms with Crippen LogP contribution in [0.15, 0.2) is 0 Å². The van der Waals surface area contributed by atoms with Gasteiger partial charge >= 0.3 is 0 Å². The molecular weight excluding hydrogens is 195 g/mol. The van der Waals surface area contributed by atoms with Crippen LogP contribution in [0, 0.1) is 0 Å². The predicted octanol–water partition coefficient (Wildman–Crippen LogP) is 2.76. The Hall–Kier alpha value is 0.797. The first-order valence-corrected chi connectivity index (χ1v) is 4.00. The van der Waals surface area contributed by atoms with Crippen LogP contribution in [0.4, 0.5) is 0 Å². The standard InChI is InChI=1S/C6H12.C2H6.2ClH.H4Si/c1-2-4-6-5-3-1;1-2;;;/h1-6H2;1-2H3;2*1H;1H4. The molecule has 11 heavy (non-hydrogen) atoms. The topological polar surface area (TPSA) is 0 Å². The maximum atomic E-state index is 2.00. The van der Waals surface area contributed by atoms with Crippen molar-refractivity contribution in [3.8, 4) is 0 Å². The second kappa shape index (κ2) is 22.4. The quantitative estimate of drug-likeness (QED) is 0.549. The highest BCUT2D eigenvalue weighted by Gasteiger charge is 1.95. The average molecular weight is 219 g/mol. The SMILES string of the molecule is C1CCCCC1.CC.Cl.Cl.[SiH4]. The Balaban J connectivity index is -0.0000000459. The Labute approximate surface area is 88.4 Å². The van der Waals surface area contributed by atoms with Gasteiger partial charge in [-0.3, -0.25) is 0 Å². The highest BCUT2D eigenvalue weighted by molar-refractivity contribution is 5.85. The van der Waals surface area contributed by atoms with E-state index in [1.54, 1.807) is 0 Å². The molecule has 0 unspecified atom stereocenters. The van der Waals surface area contributed by atoms with E-state index >= 15 is 0 Å². The van der Waals surface area contributed by atoms with Crippen molar-refractivity contribution in [1.82, 2.24) is 0 Å². The maximum absolute atomic E-state index is 2.00. The second-order valence-corrected chi connectivity index (χ2v) is 2.12. The van der Waals surface area contributed by atoms with Gasteiger partial charge in [0, 0.05) is 0 Å². The highest BCUT2D eigenvalue weighted by Crippen LogP contribution is 2.15. The van der Waals surface area contributed by atoms with Crippen molar-refractivity contribution < 1.29 is 0 Å².